The highest BCUT2D eigenvalue weighted by atomic mass is 28.4. The Hall–Kier alpha value is -0.466. The Bertz CT molecular complexity index is 504. The Morgan fingerprint density at radius 3 is 1.69 bits per heavy atom. The van der Waals surface area contributed by atoms with Crippen molar-refractivity contribution in [2.45, 2.75) is 89.6 Å². The average Bonchev–Trinajstić information content (AvgIpc) is 3.33. The molecular formula is C20H38N2O2Si2. The van der Waals surface area contributed by atoms with E-state index < -0.39 is 16.5 Å². The van der Waals surface area contributed by atoms with Gasteiger partial charge in [-0.25, -0.2) is 0 Å². The Morgan fingerprint density at radius 1 is 0.808 bits per heavy atom. The van der Waals surface area contributed by atoms with Crippen LogP contribution in [0.2, 0.25) is 36.3 Å². The van der Waals surface area contributed by atoms with Gasteiger partial charge in [0.1, 0.15) is 16.5 Å². The van der Waals surface area contributed by atoms with E-state index in [4.69, 9.17) is 0 Å². The SMILES string of the molecule is CC[Si]1(CC)CC[Si](CC)(CC)N1CCCN1C(=O)C2CCCC2C1=O. The lowest BCUT2D eigenvalue weighted by molar-refractivity contribution is -0.140. The van der Waals surface area contributed by atoms with Crippen molar-refractivity contribution >= 4 is 28.3 Å². The second-order valence-corrected chi connectivity index (χ2v) is 19.1. The molecule has 2 saturated heterocycles. The van der Waals surface area contributed by atoms with Crippen LogP contribution in [0.25, 0.3) is 0 Å². The van der Waals surface area contributed by atoms with Crippen LogP contribution in [-0.2, 0) is 9.59 Å². The van der Waals surface area contributed by atoms with Crippen LogP contribution in [0.3, 0.4) is 0 Å². The van der Waals surface area contributed by atoms with Gasteiger partial charge in [-0.3, -0.25) is 14.5 Å². The van der Waals surface area contributed by atoms with Gasteiger partial charge in [0.15, 0.2) is 0 Å². The average molecular weight is 395 g/mol. The molecule has 1 aliphatic carbocycles. The Balaban J connectivity index is 1.67. The van der Waals surface area contributed by atoms with Gasteiger partial charge in [0, 0.05) is 6.54 Å². The molecule has 4 nitrogen and oxygen atoms in total. The lowest BCUT2D eigenvalue weighted by Gasteiger charge is -2.45. The van der Waals surface area contributed by atoms with Gasteiger partial charge in [-0.05, 0) is 62.1 Å². The van der Waals surface area contributed by atoms with E-state index >= 15 is 0 Å². The number of hydrogen-bond donors (Lipinski definition) is 0. The molecule has 2 heterocycles. The van der Waals surface area contributed by atoms with Crippen LogP contribution in [0.1, 0.15) is 53.4 Å². The number of amides is 2. The number of likely N-dealkylation sites (tertiary alicyclic amines) is 1. The molecule has 2 unspecified atom stereocenters. The quantitative estimate of drug-likeness (QED) is 0.451. The first-order chi connectivity index (χ1) is 12.5. The fourth-order valence-electron chi connectivity index (χ4n) is 6.35. The molecule has 0 radical (unpaired) electrons. The summed E-state index contributed by atoms with van der Waals surface area (Å²) in [5.74, 6) is 0.327. The zero-order valence-electron chi connectivity index (χ0n) is 17.4. The zero-order valence-corrected chi connectivity index (χ0v) is 19.4. The van der Waals surface area contributed by atoms with Crippen molar-refractivity contribution in [3.63, 3.8) is 0 Å². The molecule has 148 valence electrons. The molecule has 3 aliphatic rings. The van der Waals surface area contributed by atoms with Crippen molar-refractivity contribution in [3.05, 3.63) is 0 Å². The van der Waals surface area contributed by atoms with E-state index in [0.717, 1.165) is 32.2 Å². The summed E-state index contributed by atoms with van der Waals surface area (Å²) in [7, 11) is -2.63. The maximum atomic E-state index is 12.6. The zero-order chi connectivity index (χ0) is 18.9. The molecule has 0 aromatic rings. The maximum Gasteiger partial charge on any atom is 0.233 e. The number of imide groups is 1. The highest BCUT2D eigenvalue weighted by molar-refractivity contribution is 6.97. The topological polar surface area (TPSA) is 40.6 Å². The van der Waals surface area contributed by atoms with Crippen molar-refractivity contribution in [1.82, 2.24) is 9.13 Å². The summed E-state index contributed by atoms with van der Waals surface area (Å²) in [5, 5.41) is 0. The van der Waals surface area contributed by atoms with Gasteiger partial charge in [0.2, 0.25) is 11.8 Å². The third-order valence-electron chi connectivity index (χ3n) is 8.28. The van der Waals surface area contributed by atoms with E-state index in [1.165, 1.54) is 36.3 Å². The smallest absolute Gasteiger partial charge is 0.233 e. The van der Waals surface area contributed by atoms with E-state index in [1.807, 2.05) is 0 Å². The molecule has 2 aliphatic heterocycles. The second-order valence-electron chi connectivity index (χ2n) is 8.84. The van der Waals surface area contributed by atoms with Gasteiger partial charge in [-0.15, -0.1) is 0 Å². The predicted molar refractivity (Wildman–Crippen MR) is 112 cm³/mol. The fourth-order valence-corrected chi connectivity index (χ4v) is 22.4. The molecule has 0 spiro atoms. The molecule has 2 atom stereocenters. The predicted octanol–water partition coefficient (Wildman–Crippen LogP) is 4.45. The molecule has 2 amide bonds. The van der Waals surface area contributed by atoms with Gasteiger partial charge in [0.05, 0.1) is 11.8 Å². The highest BCUT2D eigenvalue weighted by Crippen LogP contribution is 2.45. The van der Waals surface area contributed by atoms with E-state index in [1.54, 1.807) is 4.90 Å². The Morgan fingerprint density at radius 2 is 1.27 bits per heavy atom. The van der Waals surface area contributed by atoms with E-state index in [2.05, 4.69) is 31.9 Å². The van der Waals surface area contributed by atoms with Crippen LogP contribution in [0.4, 0.5) is 0 Å². The highest BCUT2D eigenvalue weighted by Gasteiger charge is 2.54. The number of fused-ring (bicyclic) bond motifs is 1. The number of carbonyl (C=O) groups is 2. The van der Waals surface area contributed by atoms with Gasteiger partial charge in [-0.2, -0.15) is 0 Å². The maximum absolute atomic E-state index is 12.6. The number of rotatable bonds is 8. The van der Waals surface area contributed by atoms with Crippen molar-refractivity contribution < 1.29 is 9.59 Å². The molecule has 0 bridgehead atoms. The minimum absolute atomic E-state index is 0.0220. The first-order valence-electron chi connectivity index (χ1n) is 11.1. The molecule has 3 rings (SSSR count). The summed E-state index contributed by atoms with van der Waals surface area (Å²) in [6, 6.07) is 8.43. The minimum Gasteiger partial charge on any atom is -0.345 e. The standard InChI is InChI=1S/C20H38N2O2Si2/c1-5-25(6-2)15-16-26(7-3,8-4)22(25)14-10-13-21-19(23)17-11-9-12-18(17)20(21)24/h17-18H,5-16H2,1-4H3. The van der Waals surface area contributed by atoms with Gasteiger partial charge in [0.25, 0.3) is 0 Å². The van der Waals surface area contributed by atoms with Crippen LogP contribution in [0.15, 0.2) is 0 Å². The summed E-state index contributed by atoms with van der Waals surface area (Å²) >= 11 is 0. The van der Waals surface area contributed by atoms with Crippen molar-refractivity contribution in [2.75, 3.05) is 13.1 Å². The van der Waals surface area contributed by atoms with Crippen LogP contribution in [0.5, 0.6) is 0 Å². The minimum atomic E-state index is -1.31. The molecule has 0 aromatic heterocycles. The van der Waals surface area contributed by atoms with E-state index in [-0.39, 0.29) is 23.7 Å². The molecule has 6 heteroatoms. The first-order valence-corrected chi connectivity index (χ1v) is 16.2. The summed E-state index contributed by atoms with van der Waals surface area (Å²) in [6.45, 7) is 11.4. The van der Waals surface area contributed by atoms with Crippen LogP contribution in [0, 0.1) is 11.8 Å². The van der Waals surface area contributed by atoms with Gasteiger partial charge in [-0.1, -0.05) is 34.1 Å². The van der Waals surface area contributed by atoms with E-state index in [9.17, 15) is 9.59 Å². The normalized spacial score (nSPS) is 30.4. The molecular weight excluding hydrogens is 356 g/mol. The van der Waals surface area contributed by atoms with Crippen molar-refractivity contribution in [1.29, 1.82) is 0 Å². The largest absolute Gasteiger partial charge is 0.345 e. The number of hydrogen-bond acceptors (Lipinski definition) is 3. The first kappa shape index (κ1) is 20.3. The van der Waals surface area contributed by atoms with Crippen LogP contribution in [-0.4, -0.2) is 50.5 Å². The second kappa shape index (κ2) is 7.88. The van der Waals surface area contributed by atoms with Crippen molar-refractivity contribution in [3.8, 4) is 0 Å². The summed E-state index contributed by atoms with van der Waals surface area (Å²) in [5.41, 5.74) is 0. The third kappa shape index (κ3) is 3.06. The van der Waals surface area contributed by atoms with Gasteiger partial charge < -0.3 is 4.23 Å². The monoisotopic (exact) mass is 394 g/mol. The lowest BCUT2D eigenvalue weighted by Crippen LogP contribution is -2.60. The Kier molecular flexibility index (Phi) is 6.14. The summed E-state index contributed by atoms with van der Waals surface area (Å²) < 4.78 is 3.06. The van der Waals surface area contributed by atoms with Crippen LogP contribution < -0.4 is 0 Å². The summed E-state index contributed by atoms with van der Waals surface area (Å²) in [6.07, 6.45) is 3.90. The molecule has 0 N–H and O–H groups in total. The lowest BCUT2D eigenvalue weighted by atomic mass is 10.00. The number of carbonyl (C=O) groups excluding carboxylic acids is 2. The Labute approximate surface area is 161 Å². The molecule has 1 saturated carbocycles. The fraction of sp³-hybridized carbons (Fsp3) is 0.900. The molecule has 26 heavy (non-hydrogen) atoms. The van der Waals surface area contributed by atoms with Crippen LogP contribution >= 0.6 is 0 Å². The summed E-state index contributed by atoms with van der Waals surface area (Å²) in [4.78, 5) is 26.9. The van der Waals surface area contributed by atoms with E-state index in [0.29, 0.717) is 6.54 Å². The molecule has 3 fully saturated rings. The van der Waals surface area contributed by atoms with Gasteiger partial charge >= 0.3 is 0 Å². The number of nitrogens with zero attached hydrogens (tertiary/aromatic N) is 2. The van der Waals surface area contributed by atoms with Crippen molar-refractivity contribution in [2.24, 2.45) is 11.8 Å². The molecule has 0 aromatic carbocycles. The third-order valence-corrected chi connectivity index (χ3v) is 22.0.